The molecule has 152 valence electrons. The summed E-state index contributed by atoms with van der Waals surface area (Å²) < 4.78 is 26.6. The zero-order chi connectivity index (χ0) is 17.8. The Morgan fingerprint density at radius 3 is 2.50 bits per heavy atom. The summed E-state index contributed by atoms with van der Waals surface area (Å²) >= 11 is 1.83. The molecule has 0 atom stereocenters. The molecular weight excluding hydrogens is 483 g/mol. The maximum atomic E-state index is 12.5. The van der Waals surface area contributed by atoms with Crippen LogP contribution in [0, 0.1) is 5.41 Å². The average Bonchev–Trinajstić information content (AvgIpc) is 3.25. The summed E-state index contributed by atoms with van der Waals surface area (Å²) in [5.41, 5.74) is 0.494. The van der Waals surface area contributed by atoms with Gasteiger partial charge in [-0.1, -0.05) is 12.8 Å². The lowest BCUT2D eigenvalue weighted by molar-refractivity contribution is 0.309. The molecule has 0 aromatic heterocycles. The predicted octanol–water partition coefficient (Wildman–Crippen LogP) is 2.21. The minimum absolute atomic E-state index is 0. The van der Waals surface area contributed by atoms with E-state index in [2.05, 4.69) is 22.1 Å². The molecule has 1 saturated carbocycles. The number of aliphatic imine (C=N–C) groups is 1. The van der Waals surface area contributed by atoms with Crippen LogP contribution < -0.4 is 5.32 Å². The number of guanidine groups is 1. The highest BCUT2D eigenvalue weighted by Gasteiger charge is 2.41. The van der Waals surface area contributed by atoms with Gasteiger partial charge in [0.1, 0.15) is 0 Å². The van der Waals surface area contributed by atoms with Gasteiger partial charge in [-0.3, -0.25) is 4.99 Å². The van der Waals surface area contributed by atoms with E-state index in [1.54, 1.807) is 4.31 Å². The van der Waals surface area contributed by atoms with Crippen molar-refractivity contribution in [1.82, 2.24) is 14.5 Å². The molecular formula is C17H33IN4O2S2. The molecule has 0 unspecified atom stereocenters. The van der Waals surface area contributed by atoms with Gasteiger partial charge in [0.25, 0.3) is 0 Å². The van der Waals surface area contributed by atoms with E-state index in [9.17, 15) is 8.42 Å². The minimum Gasteiger partial charge on any atom is -0.357 e. The highest BCUT2D eigenvalue weighted by atomic mass is 127. The van der Waals surface area contributed by atoms with E-state index >= 15 is 0 Å². The molecule has 2 heterocycles. The van der Waals surface area contributed by atoms with Crippen molar-refractivity contribution in [2.24, 2.45) is 10.4 Å². The van der Waals surface area contributed by atoms with Crippen molar-refractivity contribution in [3.8, 4) is 0 Å². The van der Waals surface area contributed by atoms with Gasteiger partial charge in [0.15, 0.2) is 5.96 Å². The fraction of sp³-hybridized carbons (Fsp3) is 0.941. The van der Waals surface area contributed by atoms with Crippen LogP contribution in [0.4, 0.5) is 0 Å². The number of nitrogens with one attached hydrogen (secondary N) is 1. The molecule has 2 aliphatic heterocycles. The second-order valence-electron chi connectivity index (χ2n) is 7.44. The molecule has 1 N–H and O–H groups in total. The molecule has 6 nitrogen and oxygen atoms in total. The quantitative estimate of drug-likeness (QED) is 0.345. The molecule has 0 aromatic carbocycles. The van der Waals surface area contributed by atoms with Crippen LogP contribution in [0.3, 0.4) is 0 Å². The smallest absolute Gasteiger partial charge is 0.215 e. The number of rotatable bonds is 5. The molecule has 0 amide bonds. The van der Waals surface area contributed by atoms with Crippen LogP contribution in [0.15, 0.2) is 4.99 Å². The fourth-order valence-corrected chi connectivity index (χ4v) is 6.75. The van der Waals surface area contributed by atoms with Crippen LogP contribution in [0.25, 0.3) is 0 Å². The lowest BCUT2D eigenvalue weighted by atomic mass is 9.86. The molecule has 0 aromatic rings. The number of thioether (sulfide) groups is 1. The summed E-state index contributed by atoms with van der Waals surface area (Å²) in [7, 11) is -3.17. The maximum Gasteiger partial charge on any atom is 0.215 e. The third-order valence-electron chi connectivity index (χ3n) is 5.71. The number of likely N-dealkylation sites (tertiary alicyclic amines) is 1. The second kappa shape index (κ2) is 10.2. The van der Waals surface area contributed by atoms with Crippen molar-refractivity contribution < 1.29 is 8.42 Å². The van der Waals surface area contributed by atoms with Crippen LogP contribution in [-0.2, 0) is 10.0 Å². The first-order valence-electron chi connectivity index (χ1n) is 9.64. The SMILES string of the molecule is CCNC(=NCCS(=O)(=O)N1CCSCC1)N1CCC2(CCCC2)C1.I. The van der Waals surface area contributed by atoms with Crippen molar-refractivity contribution in [3.05, 3.63) is 0 Å². The van der Waals surface area contributed by atoms with Crippen LogP contribution in [0.2, 0.25) is 0 Å². The predicted molar refractivity (Wildman–Crippen MR) is 121 cm³/mol. The van der Waals surface area contributed by atoms with E-state index in [4.69, 9.17) is 0 Å². The first kappa shape index (κ1) is 22.5. The molecule has 9 heteroatoms. The first-order chi connectivity index (χ1) is 12.0. The van der Waals surface area contributed by atoms with Gasteiger partial charge >= 0.3 is 0 Å². The monoisotopic (exact) mass is 516 g/mol. The number of halogens is 1. The Labute approximate surface area is 180 Å². The van der Waals surface area contributed by atoms with E-state index < -0.39 is 10.0 Å². The standard InChI is InChI=1S/C17H32N4O2S2.HI/c1-2-18-16(20-9-7-17(15-20)5-3-4-6-17)19-8-14-25(22,23)21-10-12-24-13-11-21;/h2-15H2,1H3,(H,18,19);1H. The molecule has 2 saturated heterocycles. The molecule has 0 radical (unpaired) electrons. The van der Waals surface area contributed by atoms with Crippen molar-refractivity contribution in [3.63, 3.8) is 0 Å². The lowest BCUT2D eigenvalue weighted by Crippen LogP contribution is -2.42. The summed E-state index contributed by atoms with van der Waals surface area (Å²) in [4.78, 5) is 7.00. The van der Waals surface area contributed by atoms with Gasteiger partial charge in [0.2, 0.25) is 10.0 Å². The van der Waals surface area contributed by atoms with Crippen LogP contribution in [0.5, 0.6) is 0 Å². The van der Waals surface area contributed by atoms with Gasteiger partial charge in [0.05, 0.1) is 12.3 Å². The highest BCUT2D eigenvalue weighted by Crippen LogP contribution is 2.45. The Kier molecular flexibility index (Phi) is 8.81. The number of hydrogen-bond acceptors (Lipinski definition) is 4. The molecule has 1 spiro atoms. The number of sulfonamides is 1. The molecule has 3 aliphatic rings. The number of hydrogen-bond donors (Lipinski definition) is 1. The molecule has 3 fully saturated rings. The van der Waals surface area contributed by atoms with Crippen LogP contribution >= 0.6 is 35.7 Å². The van der Waals surface area contributed by atoms with Crippen molar-refractivity contribution in [2.75, 3.05) is 56.5 Å². The van der Waals surface area contributed by atoms with E-state index in [1.165, 1.54) is 32.1 Å². The average molecular weight is 517 g/mol. The topological polar surface area (TPSA) is 65.0 Å². The van der Waals surface area contributed by atoms with Gasteiger partial charge < -0.3 is 10.2 Å². The van der Waals surface area contributed by atoms with Crippen molar-refractivity contribution in [2.45, 2.75) is 39.0 Å². The van der Waals surface area contributed by atoms with Gasteiger partial charge in [-0.2, -0.15) is 11.8 Å². The van der Waals surface area contributed by atoms with Gasteiger partial charge in [-0.05, 0) is 31.6 Å². The summed E-state index contributed by atoms with van der Waals surface area (Å²) in [6.45, 7) is 6.64. The summed E-state index contributed by atoms with van der Waals surface area (Å²) in [6.07, 6.45) is 6.64. The Morgan fingerprint density at radius 2 is 1.85 bits per heavy atom. The second-order valence-corrected chi connectivity index (χ2v) is 10.8. The largest absolute Gasteiger partial charge is 0.357 e. The summed E-state index contributed by atoms with van der Waals surface area (Å²) in [6, 6.07) is 0. The number of nitrogens with zero attached hydrogens (tertiary/aromatic N) is 3. The summed E-state index contributed by atoms with van der Waals surface area (Å²) in [5.74, 6) is 2.82. The molecule has 0 bridgehead atoms. The van der Waals surface area contributed by atoms with Crippen molar-refractivity contribution >= 4 is 51.7 Å². The molecule has 3 rings (SSSR count). The lowest BCUT2D eigenvalue weighted by Gasteiger charge is -2.26. The van der Waals surface area contributed by atoms with Crippen LogP contribution in [0.1, 0.15) is 39.0 Å². The fourth-order valence-electron chi connectivity index (χ4n) is 4.30. The van der Waals surface area contributed by atoms with Crippen LogP contribution in [-0.4, -0.2) is 80.1 Å². The minimum atomic E-state index is -3.17. The zero-order valence-electron chi connectivity index (χ0n) is 15.8. The highest BCUT2D eigenvalue weighted by molar-refractivity contribution is 14.0. The van der Waals surface area contributed by atoms with Gasteiger partial charge in [-0.15, -0.1) is 24.0 Å². The van der Waals surface area contributed by atoms with E-state index in [1.807, 2.05) is 11.8 Å². The van der Waals surface area contributed by atoms with Crippen molar-refractivity contribution in [1.29, 1.82) is 0 Å². The normalized spacial score (nSPS) is 24.0. The maximum absolute atomic E-state index is 12.5. The van der Waals surface area contributed by atoms with Gasteiger partial charge in [-0.25, -0.2) is 12.7 Å². The van der Waals surface area contributed by atoms with Gasteiger partial charge in [0, 0.05) is 44.2 Å². The molecule has 26 heavy (non-hydrogen) atoms. The Bertz CT molecular complexity index is 573. The zero-order valence-corrected chi connectivity index (χ0v) is 19.7. The summed E-state index contributed by atoms with van der Waals surface area (Å²) in [5, 5.41) is 3.36. The molecule has 1 aliphatic carbocycles. The third kappa shape index (κ3) is 5.64. The Balaban J connectivity index is 0.00000243. The Morgan fingerprint density at radius 1 is 1.15 bits per heavy atom. The third-order valence-corrected chi connectivity index (χ3v) is 8.50. The van der Waals surface area contributed by atoms with E-state index in [0.717, 1.165) is 37.1 Å². The van der Waals surface area contributed by atoms with E-state index in [0.29, 0.717) is 25.0 Å². The first-order valence-corrected chi connectivity index (χ1v) is 12.4. The van der Waals surface area contributed by atoms with E-state index in [-0.39, 0.29) is 29.7 Å². The Hall–Kier alpha value is 0.260.